The lowest BCUT2D eigenvalue weighted by Gasteiger charge is -1.92. The third-order valence-electron chi connectivity index (χ3n) is 1.68. The normalized spacial score (nSPS) is 10.5. The Labute approximate surface area is 68.2 Å². The van der Waals surface area contributed by atoms with Crippen molar-refractivity contribution < 1.29 is 9.13 Å². The SMILES string of the molecule is COc1n[nH]c2ccc(F)cc12. The number of halogens is 1. The number of rotatable bonds is 1. The van der Waals surface area contributed by atoms with Crippen molar-refractivity contribution in [3.8, 4) is 5.88 Å². The predicted molar refractivity (Wildman–Crippen MR) is 42.6 cm³/mol. The number of aromatic amines is 1. The zero-order valence-corrected chi connectivity index (χ0v) is 6.47. The second-order valence-electron chi connectivity index (χ2n) is 2.42. The molecule has 0 aliphatic rings. The molecular formula is C8H7FN2O. The summed E-state index contributed by atoms with van der Waals surface area (Å²) in [5, 5.41) is 7.23. The van der Waals surface area contributed by atoms with E-state index in [1.54, 1.807) is 6.07 Å². The Morgan fingerprint density at radius 3 is 3.08 bits per heavy atom. The summed E-state index contributed by atoms with van der Waals surface area (Å²) in [6, 6.07) is 4.39. The van der Waals surface area contributed by atoms with Gasteiger partial charge in [0.15, 0.2) is 0 Å². The first-order chi connectivity index (χ1) is 5.81. The predicted octanol–water partition coefficient (Wildman–Crippen LogP) is 1.71. The fourth-order valence-electron chi connectivity index (χ4n) is 1.12. The lowest BCUT2D eigenvalue weighted by molar-refractivity contribution is 0.401. The van der Waals surface area contributed by atoms with E-state index in [-0.39, 0.29) is 5.82 Å². The first-order valence-corrected chi connectivity index (χ1v) is 3.49. The molecule has 4 heteroatoms. The van der Waals surface area contributed by atoms with Crippen LogP contribution in [0, 0.1) is 5.82 Å². The lowest BCUT2D eigenvalue weighted by Crippen LogP contribution is -1.82. The number of nitrogens with zero attached hydrogens (tertiary/aromatic N) is 1. The molecule has 0 saturated carbocycles. The van der Waals surface area contributed by atoms with Gasteiger partial charge in [-0.1, -0.05) is 0 Å². The number of aromatic nitrogens is 2. The molecule has 2 rings (SSSR count). The van der Waals surface area contributed by atoms with E-state index in [1.807, 2.05) is 0 Å². The lowest BCUT2D eigenvalue weighted by atomic mass is 10.2. The molecule has 0 saturated heterocycles. The van der Waals surface area contributed by atoms with Crippen LogP contribution < -0.4 is 4.74 Å². The summed E-state index contributed by atoms with van der Waals surface area (Å²) in [4.78, 5) is 0. The van der Waals surface area contributed by atoms with Gasteiger partial charge >= 0.3 is 0 Å². The summed E-state index contributed by atoms with van der Waals surface area (Å²) in [5.74, 6) is 0.131. The fraction of sp³-hybridized carbons (Fsp3) is 0.125. The standard InChI is InChI=1S/C8H7FN2O/c1-12-8-6-4-5(9)2-3-7(6)10-11-8/h2-4H,1H3,(H,10,11). The van der Waals surface area contributed by atoms with E-state index in [1.165, 1.54) is 19.2 Å². The van der Waals surface area contributed by atoms with Crippen LogP contribution in [0.1, 0.15) is 0 Å². The van der Waals surface area contributed by atoms with E-state index in [0.717, 1.165) is 5.52 Å². The van der Waals surface area contributed by atoms with Gasteiger partial charge in [0.2, 0.25) is 5.88 Å². The third kappa shape index (κ3) is 0.922. The van der Waals surface area contributed by atoms with Crippen molar-refractivity contribution in [1.29, 1.82) is 0 Å². The Balaban J connectivity index is 2.75. The first-order valence-electron chi connectivity index (χ1n) is 3.49. The molecule has 0 fully saturated rings. The van der Waals surface area contributed by atoms with Crippen LogP contribution in [0.3, 0.4) is 0 Å². The molecule has 62 valence electrons. The van der Waals surface area contributed by atoms with E-state index in [9.17, 15) is 4.39 Å². The molecule has 2 aromatic rings. The average Bonchev–Trinajstić information content (AvgIpc) is 2.46. The Kier molecular flexibility index (Phi) is 1.46. The Morgan fingerprint density at radius 2 is 2.33 bits per heavy atom. The van der Waals surface area contributed by atoms with Gasteiger partial charge in [-0.05, 0) is 18.2 Å². The Hall–Kier alpha value is -1.58. The number of fused-ring (bicyclic) bond motifs is 1. The van der Waals surface area contributed by atoms with E-state index >= 15 is 0 Å². The van der Waals surface area contributed by atoms with E-state index < -0.39 is 0 Å². The smallest absolute Gasteiger partial charge is 0.240 e. The summed E-state index contributed by atoms with van der Waals surface area (Å²) in [5.41, 5.74) is 0.772. The summed E-state index contributed by atoms with van der Waals surface area (Å²) >= 11 is 0. The number of nitrogens with one attached hydrogen (secondary N) is 1. The van der Waals surface area contributed by atoms with Crippen molar-refractivity contribution in [3.63, 3.8) is 0 Å². The monoisotopic (exact) mass is 166 g/mol. The molecule has 0 unspecified atom stereocenters. The zero-order chi connectivity index (χ0) is 8.55. The maximum atomic E-state index is 12.7. The van der Waals surface area contributed by atoms with Gasteiger partial charge in [-0.15, -0.1) is 5.10 Å². The maximum absolute atomic E-state index is 12.7. The van der Waals surface area contributed by atoms with Crippen LogP contribution in [-0.2, 0) is 0 Å². The molecule has 1 N–H and O–H groups in total. The number of benzene rings is 1. The molecule has 1 heterocycles. The number of ether oxygens (including phenoxy) is 1. The number of hydrogen-bond donors (Lipinski definition) is 1. The molecule has 12 heavy (non-hydrogen) atoms. The molecule has 0 aliphatic carbocycles. The summed E-state index contributed by atoms with van der Waals surface area (Å²) < 4.78 is 17.6. The topological polar surface area (TPSA) is 37.9 Å². The maximum Gasteiger partial charge on any atom is 0.240 e. The molecule has 0 bridgehead atoms. The van der Waals surface area contributed by atoms with Crippen molar-refractivity contribution in [2.24, 2.45) is 0 Å². The molecule has 1 aromatic carbocycles. The van der Waals surface area contributed by atoms with Crippen LogP contribution in [0.15, 0.2) is 18.2 Å². The van der Waals surface area contributed by atoms with Gasteiger partial charge in [0.1, 0.15) is 5.82 Å². The summed E-state index contributed by atoms with van der Waals surface area (Å²) in [6.07, 6.45) is 0. The molecule has 0 atom stereocenters. The minimum atomic E-state index is -0.290. The number of H-pyrrole nitrogens is 1. The highest BCUT2D eigenvalue weighted by Gasteiger charge is 2.05. The van der Waals surface area contributed by atoms with Crippen LogP contribution in [-0.4, -0.2) is 17.3 Å². The van der Waals surface area contributed by atoms with Crippen LogP contribution >= 0.6 is 0 Å². The van der Waals surface area contributed by atoms with E-state index in [2.05, 4.69) is 10.2 Å². The third-order valence-corrected chi connectivity index (χ3v) is 1.68. The minimum absolute atomic E-state index is 0.290. The average molecular weight is 166 g/mol. The Bertz CT molecular complexity index is 410. The van der Waals surface area contributed by atoms with Gasteiger partial charge in [0.25, 0.3) is 0 Å². The van der Waals surface area contributed by atoms with Crippen molar-refractivity contribution in [1.82, 2.24) is 10.2 Å². The van der Waals surface area contributed by atoms with Crippen LogP contribution in [0.5, 0.6) is 5.88 Å². The van der Waals surface area contributed by atoms with Gasteiger partial charge in [0, 0.05) is 0 Å². The fourth-order valence-corrected chi connectivity index (χ4v) is 1.12. The summed E-state index contributed by atoms with van der Waals surface area (Å²) in [7, 11) is 1.50. The van der Waals surface area contributed by atoms with Gasteiger partial charge in [-0.2, -0.15) is 0 Å². The number of methoxy groups -OCH3 is 1. The van der Waals surface area contributed by atoms with Crippen molar-refractivity contribution in [2.75, 3.05) is 7.11 Å². The molecule has 0 spiro atoms. The van der Waals surface area contributed by atoms with Gasteiger partial charge in [0.05, 0.1) is 18.0 Å². The molecule has 1 aromatic heterocycles. The van der Waals surface area contributed by atoms with Gasteiger partial charge in [-0.25, -0.2) is 4.39 Å². The highest BCUT2D eigenvalue weighted by molar-refractivity contribution is 5.83. The molecular weight excluding hydrogens is 159 g/mol. The minimum Gasteiger partial charge on any atom is -0.480 e. The van der Waals surface area contributed by atoms with Gasteiger partial charge < -0.3 is 4.74 Å². The van der Waals surface area contributed by atoms with Crippen LogP contribution in [0.25, 0.3) is 10.9 Å². The number of hydrogen-bond acceptors (Lipinski definition) is 2. The quantitative estimate of drug-likeness (QED) is 0.700. The molecule has 3 nitrogen and oxygen atoms in total. The van der Waals surface area contributed by atoms with Crippen molar-refractivity contribution in [3.05, 3.63) is 24.0 Å². The van der Waals surface area contributed by atoms with Crippen molar-refractivity contribution >= 4 is 10.9 Å². The largest absolute Gasteiger partial charge is 0.480 e. The highest BCUT2D eigenvalue weighted by Crippen LogP contribution is 2.22. The highest BCUT2D eigenvalue weighted by atomic mass is 19.1. The van der Waals surface area contributed by atoms with Crippen LogP contribution in [0.4, 0.5) is 4.39 Å². The molecule has 0 aliphatic heterocycles. The van der Waals surface area contributed by atoms with Crippen LogP contribution in [0.2, 0.25) is 0 Å². The molecule has 0 radical (unpaired) electrons. The Morgan fingerprint density at radius 1 is 1.50 bits per heavy atom. The molecule has 0 amide bonds. The summed E-state index contributed by atoms with van der Waals surface area (Å²) in [6.45, 7) is 0. The second-order valence-corrected chi connectivity index (χ2v) is 2.42. The van der Waals surface area contributed by atoms with Gasteiger partial charge in [-0.3, -0.25) is 5.10 Å². The van der Waals surface area contributed by atoms with E-state index in [4.69, 9.17) is 4.74 Å². The zero-order valence-electron chi connectivity index (χ0n) is 6.47. The second kappa shape index (κ2) is 2.48. The van der Waals surface area contributed by atoms with Crippen molar-refractivity contribution in [2.45, 2.75) is 0 Å². The first kappa shape index (κ1) is 7.09. The van der Waals surface area contributed by atoms with E-state index in [0.29, 0.717) is 11.3 Å².